The highest BCUT2D eigenvalue weighted by Gasteiger charge is 2.51. The van der Waals surface area contributed by atoms with E-state index < -0.39 is 35.4 Å². The first kappa shape index (κ1) is 25.5. The topological polar surface area (TPSA) is 114 Å². The molecule has 10 heteroatoms. The van der Waals surface area contributed by atoms with Crippen molar-refractivity contribution in [2.75, 3.05) is 13.7 Å². The first-order valence-electron chi connectivity index (χ1n) is 11.0. The lowest BCUT2D eigenvalue weighted by Crippen LogP contribution is -2.61. The average molecular weight is 484 g/mol. The summed E-state index contributed by atoms with van der Waals surface area (Å²) in [5.74, 6) is -1.84. The molecule has 1 aromatic carbocycles. The summed E-state index contributed by atoms with van der Waals surface area (Å²) in [6.07, 6.45) is 0.456. The zero-order valence-electron chi connectivity index (χ0n) is 18.9. The van der Waals surface area contributed by atoms with Crippen LogP contribution in [0.25, 0.3) is 0 Å². The average Bonchev–Trinajstić information content (AvgIpc) is 2.78. The van der Waals surface area contributed by atoms with Crippen molar-refractivity contribution >= 4 is 17.5 Å². The van der Waals surface area contributed by atoms with Crippen molar-refractivity contribution in [2.45, 2.75) is 63.6 Å². The normalized spacial score (nSPS) is 26.0. The second kappa shape index (κ2) is 10.4. The van der Waals surface area contributed by atoms with Crippen molar-refractivity contribution in [2.24, 2.45) is 0 Å². The summed E-state index contributed by atoms with van der Waals surface area (Å²) in [4.78, 5) is 14.6. The Labute approximate surface area is 197 Å². The van der Waals surface area contributed by atoms with Gasteiger partial charge in [0.15, 0.2) is 0 Å². The summed E-state index contributed by atoms with van der Waals surface area (Å²) in [5, 5.41) is 37.2. The van der Waals surface area contributed by atoms with E-state index in [1.807, 2.05) is 13.8 Å². The number of ether oxygens (including phenoxy) is 1. The second-order valence-electron chi connectivity index (χ2n) is 8.28. The van der Waals surface area contributed by atoms with Gasteiger partial charge in [-0.25, -0.2) is 4.39 Å². The van der Waals surface area contributed by atoms with Crippen LogP contribution >= 0.6 is 11.6 Å². The Morgan fingerprint density at radius 1 is 1.39 bits per heavy atom. The summed E-state index contributed by atoms with van der Waals surface area (Å²) in [5.41, 5.74) is -0.353. The highest BCUT2D eigenvalue weighted by molar-refractivity contribution is 6.30. The zero-order chi connectivity index (χ0) is 24.3. The van der Waals surface area contributed by atoms with Crippen LogP contribution in [-0.2, 0) is 16.1 Å². The van der Waals surface area contributed by atoms with Crippen LogP contribution in [0.5, 0.6) is 0 Å². The number of amides is 1. The monoisotopic (exact) mass is 483 g/mol. The van der Waals surface area contributed by atoms with Gasteiger partial charge >= 0.3 is 0 Å². The predicted molar refractivity (Wildman–Crippen MR) is 122 cm³/mol. The molecule has 2 aliphatic rings. The summed E-state index contributed by atoms with van der Waals surface area (Å²) < 4.78 is 19.9. The maximum atomic E-state index is 14.2. The van der Waals surface area contributed by atoms with Crippen LogP contribution in [0.15, 0.2) is 41.4 Å². The molecule has 1 amide bonds. The minimum atomic E-state index is -1.65. The van der Waals surface area contributed by atoms with E-state index in [4.69, 9.17) is 16.3 Å². The van der Waals surface area contributed by atoms with Crippen molar-refractivity contribution in [3.05, 3.63) is 57.8 Å². The molecule has 1 aromatic rings. The molecule has 33 heavy (non-hydrogen) atoms. The third-order valence-corrected chi connectivity index (χ3v) is 6.69. The van der Waals surface area contributed by atoms with Gasteiger partial charge in [-0.15, -0.1) is 0 Å². The van der Waals surface area contributed by atoms with Crippen LogP contribution in [0, 0.1) is 5.82 Å². The van der Waals surface area contributed by atoms with Crippen LogP contribution < -0.4 is 10.6 Å². The summed E-state index contributed by atoms with van der Waals surface area (Å²) >= 11 is 5.80. The van der Waals surface area contributed by atoms with Gasteiger partial charge in [-0.1, -0.05) is 30.7 Å². The number of benzene rings is 1. The molecule has 1 fully saturated rings. The SMILES string of the molecule is CCO[C@H]1C[C@](CC)(N2C=C(C(=O)NCc3cccc(Cl)c3F)C(O)C(O)=C2C(O)NC)C1. The van der Waals surface area contributed by atoms with E-state index in [2.05, 4.69) is 10.6 Å². The lowest BCUT2D eigenvalue weighted by molar-refractivity contribution is -0.119. The molecule has 1 aliphatic heterocycles. The van der Waals surface area contributed by atoms with Crippen LogP contribution in [-0.4, -0.2) is 63.8 Å². The van der Waals surface area contributed by atoms with Gasteiger partial charge in [0.1, 0.15) is 29.6 Å². The van der Waals surface area contributed by atoms with Gasteiger partial charge < -0.3 is 30.3 Å². The molecule has 1 aliphatic carbocycles. The van der Waals surface area contributed by atoms with Gasteiger partial charge in [0.25, 0.3) is 5.91 Å². The smallest absolute Gasteiger partial charge is 0.252 e. The van der Waals surface area contributed by atoms with Crippen LogP contribution in [0.3, 0.4) is 0 Å². The standard InChI is InChI=1S/C23H31ClFN3O5/c1-4-23(9-14(10-23)33-5-2)28-12-15(19(29)20(30)18(28)22(32)26-3)21(31)27-11-13-7-6-8-16(24)17(13)25/h6-8,12,14,19,22,26,29-30,32H,4-5,9-11H2,1-3H3,(H,27,31)/t14-,19?,22?,23-. The third-order valence-electron chi connectivity index (χ3n) is 6.40. The number of hydrogen-bond donors (Lipinski definition) is 5. The molecule has 5 N–H and O–H groups in total. The van der Waals surface area contributed by atoms with E-state index >= 15 is 0 Å². The highest BCUT2D eigenvalue weighted by Crippen LogP contribution is 2.47. The fourth-order valence-electron chi connectivity index (χ4n) is 4.43. The molecule has 2 atom stereocenters. The Hall–Kier alpha value is -2.17. The van der Waals surface area contributed by atoms with Crippen molar-refractivity contribution < 1.29 is 29.2 Å². The minimum Gasteiger partial charge on any atom is -0.507 e. The number of hydrogen-bond acceptors (Lipinski definition) is 7. The Kier molecular flexibility index (Phi) is 8.02. The number of nitrogens with one attached hydrogen (secondary N) is 2. The lowest BCUT2D eigenvalue weighted by Gasteiger charge is -2.55. The fraction of sp³-hybridized carbons (Fsp3) is 0.522. The Morgan fingerprint density at radius 3 is 2.70 bits per heavy atom. The molecule has 0 saturated heterocycles. The van der Waals surface area contributed by atoms with E-state index in [0.717, 1.165) is 0 Å². The van der Waals surface area contributed by atoms with Gasteiger partial charge in [0, 0.05) is 30.5 Å². The number of carbonyl (C=O) groups is 1. The molecule has 1 heterocycles. The molecular formula is C23H31ClFN3O5. The molecule has 182 valence electrons. The van der Waals surface area contributed by atoms with Crippen molar-refractivity contribution in [3.63, 3.8) is 0 Å². The van der Waals surface area contributed by atoms with Crippen molar-refractivity contribution in [3.8, 4) is 0 Å². The van der Waals surface area contributed by atoms with E-state index in [9.17, 15) is 24.5 Å². The molecule has 8 nitrogen and oxygen atoms in total. The van der Waals surface area contributed by atoms with Gasteiger partial charge in [0.2, 0.25) is 0 Å². The van der Waals surface area contributed by atoms with E-state index in [-0.39, 0.29) is 34.5 Å². The van der Waals surface area contributed by atoms with E-state index in [1.54, 1.807) is 11.0 Å². The largest absolute Gasteiger partial charge is 0.507 e. The predicted octanol–water partition coefficient (Wildman–Crippen LogP) is 2.31. The van der Waals surface area contributed by atoms with Gasteiger partial charge in [-0.3, -0.25) is 10.1 Å². The van der Waals surface area contributed by atoms with E-state index in [1.165, 1.54) is 25.4 Å². The quantitative estimate of drug-likeness (QED) is 0.342. The molecule has 0 spiro atoms. The number of aliphatic hydroxyl groups is 3. The van der Waals surface area contributed by atoms with Crippen LogP contribution in [0.1, 0.15) is 38.7 Å². The molecule has 0 bridgehead atoms. The Bertz CT molecular complexity index is 948. The number of halogens is 2. The minimum absolute atomic E-state index is 0.0217. The Balaban J connectivity index is 1.89. The lowest BCUT2D eigenvalue weighted by atomic mass is 9.70. The Morgan fingerprint density at radius 2 is 2.09 bits per heavy atom. The zero-order valence-corrected chi connectivity index (χ0v) is 19.7. The maximum Gasteiger partial charge on any atom is 0.252 e. The number of nitrogens with zero attached hydrogens (tertiary/aromatic N) is 1. The van der Waals surface area contributed by atoms with Crippen LogP contribution in [0.4, 0.5) is 4.39 Å². The van der Waals surface area contributed by atoms with Crippen LogP contribution in [0.2, 0.25) is 5.02 Å². The molecule has 2 unspecified atom stereocenters. The van der Waals surface area contributed by atoms with Gasteiger partial charge in [-0.05, 0) is 39.3 Å². The van der Waals surface area contributed by atoms with Gasteiger partial charge in [-0.2, -0.15) is 0 Å². The third kappa shape index (κ3) is 4.88. The molecule has 3 rings (SSSR count). The molecule has 1 saturated carbocycles. The highest BCUT2D eigenvalue weighted by atomic mass is 35.5. The summed E-state index contributed by atoms with van der Waals surface area (Å²) in [7, 11) is 1.52. The summed E-state index contributed by atoms with van der Waals surface area (Å²) in [6, 6.07) is 4.47. The first-order chi connectivity index (χ1) is 15.7. The molecule has 0 aromatic heterocycles. The second-order valence-corrected chi connectivity index (χ2v) is 8.68. The summed E-state index contributed by atoms with van der Waals surface area (Å²) in [6.45, 7) is 4.30. The number of carbonyl (C=O) groups excluding carboxylic acids is 1. The first-order valence-corrected chi connectivity index (χ1v) is 11.4. The maximum absolute atomic E-state index is 14.2. The molecule has 0 radical (unpaired) electrons. The van der Waals surface area contributed by atoms with Crippen molar-refractivity contribution in [1.29, 1.82) is 0 Å². The molecular weight excluding hydrogens is 453 g/mol. The van der Waals surface area contributed by atoms with Crippen molar-refractivity contribution in [1.82, 2.24) is 15.5 Å². The number of likely N-dealkylation sites (N-methyl/N-ethyl adjacent to an activating group) is 1. The fourth-order valence-corrected chi connectivity index (χ4v) is 4.63. The van der Waals surface area contributed by atoms with Gasteiger partial charge in [0.05, 0.1) is 16.7 Å². The number of rotatable bonds is 9. The van der Waals surface area contributed by atoms with E-state index in [0.29, 0.717) is 25.9 Å². The number of aliphatic hydroxyl groups excluding tert-OH is 3.